The standard InChI is InChI=1S/C39H75NO8/c1-6-8-10-12-14-16-17-18-19-20-22-24-26-28-30-37(42)48-35(34-47-39(38(43)44)45-32-31-40(3,4)5)33-46-36(41)29-27-25-23-21-15-13-11-9-7-2/h35,39H,6-34H2,1-5H3. The molecule has 0 saturated heterocycles. The summed E-state index contributed by atoms with van der Waals surface area (Å²) in [4.78, 5) is 36.7. The second-order valence-corrected chi connectivity index (χ2v) is 14.6. The van der Waals surface area contributed by atoms with E-state index in [0.29, 0.717) is 17.4 Å². The van der Waals surface area contributed by atoms with Crippen LogP contribution in [-0.2, 0) is 33.3 Å². The summed E-state index contributed by atoms with van der Waals surface area (Å²) in [7, 11) is 5.90. The molecule has 48 heavy (non-hydrogen) atoms. The van der Waals surface area contributed by atoms with Crippen molar-refractivity contribution in [3.8, 4) is 0 Å². The summed E-state index contributed by atoms with van der Waals surface area (Å²) in [5, 5.41) is 11.6. The van der Waals surface area contributed by atoms with E-state index in [1.54, 1.807) is 0 Å². The number of carbonyl (C=O) groups excluding carboxylic acids is 3. The number of ether oxygens (including phenoxy) is 4. The van der Waals surface area contributed by atoms with Crippen molar-refractivity contribution < 1.29 is 42.9 Å². The van der Waals surface area contributed by atoms with Crippen molar-refractivity contribution in [3.05, 3.63) is 0 Å². The summed E-state index contributed by atoms with van der Waals surface area (Å²) in [6, 6.07) is 0. The van der Waals surface area contributed by atoms with Gasteiger partial charge in [-0.1, -0.05) is 149 Å². The zero-order valence-corrected chi connectivity index (χ0v) is 31.9. The Kier molecular flexibility index (Phi) is 31.3. The predicted molar refractivity (Wildman–Crippen MR) is 191 cm³/mol. The molecule has 0 saturated carbocycles. The average molecular weight is 686 g/mol. The first kappa shape index (κ1) is 46.3. The molecule has 2 unspecified atom stereocenters. The van der Waals surface area contributed by atoms with Gasteiger partial charge in [-0.2, -0.15) is 0 Å². The number of carboxylic acids is 1. The van der Waals surface area contributed by atoms with Crippen LogP contribution in [0.1, 0.15) is 174 Å². The number of unbranched alkanes of at least 4 members (excludes halogenated alkanes) is 21. The van der Waals surface area contributed by atoms with Gasteiger partial charge in [0.1, 0.15) is 13.2 Å². The number of hydrogen-bond donors (Lipinski definition) is 0. The molecule has 0 aromatic carbocycles. The largest absolute Gasteiger partial charge is 0.545 e. The molecule has 0 amide bonds. The van der Waals surface area contributed by atoms with Crippen LogP contribution in [-0.4, -0.2) is 82.3 Å². The Balaban J connectivity index is 4.48. The molecule has 0 radical (unpaired) electrons. The van der Waals surface area contributed by atoms with Gasteiger partial charge in [-0.25, -0.2) is 0 Å². The second kappa shape index (κ2) is 32.5. The summed E-state index contributed by atoms with van der Waals surface area (Å²) in [6.07, 6.45) is 25.6. The topological polar surface area (TPSA) is 111 Å². The Labute approximate surface area is 294 Å². The second-order valence-electron chi connectivity index (χ2n) is 14.6. The lowest BCUT2D eigenvalue weighted by Gasteiger charge is -2.26. The summed E-state index contributed by atoms with van der Waals surface area (Å²) in [5.41, 5.74) is 0. The highest BCUT2D eigenvalue weighted by Gasteiger charge is 2.21. The Bertz CT molecular complexity index is 770. The van der Waals surface area contributed by atoms with Crippen LogP contribution < -0.4 is 5.11 Å². The normalized spacial score (nSPS) is 12.9. The van der Waals surface area contributed by atoms with Crippen molar-refractivity contribution in [1.82, 2.24) is 0 Å². The number of esters is 2. The Morgan fingerprint density at radius 2 is 0.938 bits per heavy atom. The number of carboxylic acid groups (broad SMARTS) is 1. The van der Waals surface area contributed by atoms with Crippen molar-refractivity contribution >= 4 is 17.9 Å². The molecule has 0 spiro atoms. The van der Waals surface area contributed by atoms with Gasteiger partial charge >= 0.3 is 11.9 Å². The number of rotatable bonds is 36. The fourth-order valence-corrected chi connectivity index (χ4v) is 5.48. The van der Waals surface area contributed by atoms with Gasteiger partial charge in [0.05, 0.1) is 40.3 Å². The van der Waals surface area contributed by atoms with Crippen molar-refractivity contribution in [2.24, 2.45) is 0 Å². The summed E-state index contributed by atoms with van der Waals surface area (Å²) >= 11 is 0. The number of hydrogen-bond acceptors (Lipinski definition) is 8. The first-order valence-electron chi connectivity index (χ1n) is 19.7. The average Bonchev–Trinajstić information content (AvgIpc) is 3.03. The Morgan fingerprint density at radius 3 is 1.33 bits per heavy atom. The summed E-state index contributed by atoms with van der Waals surface area (Å²) < 4.78 is 22.4. The van der Waals surface area contributed by atoms with Gasteiger partial charge in [-0.3, -0.25) is 9.59 Å². The summed E-state index contributed by atoms with van der Waals surface area (Å²) in [5.74, 6) is -2.28. The van der Waals surface area contributed by atoms with Crippen LogP contribution in [0.25, 0.3) is 0 Å². The molecule has 0 aliphatic heterocycles. The SMILES string of the molecule is CCCCCCCCCCCCCCCCC(=O)OC(COC(=O)CCCCCCCCCCC)COC(OCC[N+](C)(C)C)C(=O)[O-]. The third kappa shape index (κ3) is 32.8. The van der Waals surface area contributed by atoms with E-state index in [0.717, 1.165) is 38.5 Å². The molecule has 0 aromatic rings. The number of quaternary nitrogens is 1. The molecule has 284 valence electrons. The molecule has 9 nitrogen and oxygen atoms in total. The zero-order valence-electron chi connectivity index (χ0n) is 31.9. The minimum atomic E-state index is -1.61. The van der Waals surface area contributed by atoms with Crippen molar-refractivity contribution in [1.29, 1.82) is 0 Å². The van der Waals surface area contributed by atoms with E-state index in [9.17, 15) is 19.5 Å². The molecular weight excluding hydrogens is 610 g/mol. The molecule has 0 aromatic heterocycles. The number of carbonyl (C=O) groups is 3. The number of likely N-dealkylation sites (N-methyl/N-ethyl adjacent to an activating group) is 1. The fraction of sp³-hybridized carbons (Fsp3) is 0.923. The van der Waals surface area contributed by atoms with Crippen LogP contribution in [0.3, 0.4) is 0 Å². The molecule has 0 aliphatic rings. The van der Waals surface area contributed by atoms with Gasteiger partial charge in [0.2, 0.25) is 0 Å². The van der Waals surface area contributed by atoms with Gasteiger partial charge in [-0.15, -0.1) is 0 Å². The molecule has 0 aliphatic carbocycles. The smallest absolute Gasteiger partial charge is 0.306 e. The lowest BCUT2D eigenvalue weighted by molar-refractivity contribution is -0.870. The number of aliphatic carboxylic acids is 1. The maximum atomic E-state index is 12.7. The predicted octanol–water partition coefficient (Wildman–Crippen LogP) is 8.05. The van der Waals surface area contributed by atoms with Crippen LogP contribution in [0.5, 0.6) is 0 Å². The van der Waals surface area contributed by atoms with Crippen molar-refractivity contribution in [2.45, 2.75) is 187 Å². The first-order valence-corrected chi connectivity index (χ1v) is 19.7. The molecule has 2 atom stereocenters. The fourth-order valence-electron chi connectivity index (χ4n) is 5.48. The lowest BCUT2D eigenvalue weighted by Crippen LogP contribution is -2.44. The first-order chi connectivity index (χ1) is 23.1. The van der Waals surface area contributed by atoms with Gasteiger partial charge in [-0.05, 0) is 12.8 Å². The molecule has 9 heteroatoms. The maximum Gasteiger partial charge on any atom is 0.306 e. The highest BCUT2D eigenvalue weighted by atomic mass is 16.7. The molecule has 0 rings (SSSR count). The van der Waals surface area contributed by atoms with Gasteiger partial charge < -0.3 is 33.3 Å². The van der Waals surface area contributed by atoms with Crippen LogP contribution in [0.2, 0.25) is 0 Å². The summed E-state index contributed by atoms with van der Waals surface area (Å²) in [6.45, 7) is 4.72. The lowest BCUT2D eigenvalue weighted by atomic mass is 10.0. The van der Waals surface area contributed by atoms with E-state index >= 15 is 0 Å². The van der Waals surface area contributed by atoms with Crippen LogP contribution in [0, 0.1) is 0 Å². The quantitative estimate of drug-likeness (QED) is 0.0282. The van der Waals surface area contributed by atoms with Crippen molar-refractivity contribution in [3.63, 3.8) is 0 Å². The Hall–Kier alpha value is -1.71. The maximum absolute atomic E-state index is 12.7. The molecule has 0 bridgehead atoms. The van der Waals surface area contributed by atoms with Crippen LogP contribution >= 0.6 is 0 Å². The third-order valence-electron chi connectivity index (χ3n) is 8.60. The minimum absolute atomic E-state index is 0.152. The van der Waals surface area contributed by atoms with E-state index in [4.69, 9.17) is 18.9 Å². The Morgan fingerprint density at radius 1 is 0.542 bits per heavy atom. The molecule has 0 heterocycles. The van der Waals surface area contributed by atoms with Gasteiger partial charge in [0.15, 0.2) is 12.4 Å². The van der Waals surface area contributed by atoms with Gasteiger partial charge in [0.25, 0.3) is 0 Å². The third-order valence-corrected chi connectivity index (χ3v) is 8.60. The number of nitrogens with zero attached hydrogens (tertiary/aromatic N) is 1. The zero-order chi connectivity index (χ0) is 35.7. The van der Waals surface area contributed by atoms with E-state index in [2.05, 4.69) is 13.8 Å². The van der Waals surface area contributed by atoms with E-state index in [-0.39, 0.29) is 32.2 Å². The molecule has 0 fully saturated rings. The van der Waals surface area contributed by atoms with Crippen molar-refractivity contribution in [2.75, 3.05) is 47.5 Å². The highest BCUT2D eigenvalue weighted by molar-refractivity contribution is 5.70. The van der Waals surface area contributed by atoms with E-state index in [1.807, 2.05) is 21.1 Å². The minimum Gasteiger partial charge on any atom is -0.545 e. The highest BCUT2D eigenvalue weighted by Crippen LogP contribution is 2.15. The van der Waals surface area contributed by atoms with Crippen LogP contribution in [0.15, 0.2) is 0 Å². The monoisotopic (exact) mass is 686 g/mol. The molecule has 0 N–H and O–H groups in total. The van der Waals surface area contributed by atoms with E-state index in [1.165, 1.54) is 109 Å². The van der Waals surface area contributed by atoms with Gasteiger partial charge in [0, 0.05) is 12.8 Å². The molecular formula is C39H75NO8. The van der Waals surface area contributed by atoms with Crippen LogP contribution in [0.4, 0.5) is 0 Å². The van der Waals surface area contributed by atoms with E-state index < -0.39 is 24.3 Å².